The number of hydrogen-bond acceptors (Lipinski definition) is 4. The Morgan fingerprint density at radius 1 is 1.10 bits per heavy atom. The van der Waals surface area contributed by atoms with Crippen molar-refractivity contribution in [1.29, 1.82) is 0 Å². The number of carbonyl (C=O) groups is 1. The molecule has 29 heavy (non-hydrogen) atoms. The van der Waals surface area contributed by atoms with Crippen LogP contribution in [0.1, 0.15) is 56.2 Å². The number of non-ortho nitro benzene ring substituents is 1. The number of hydrogen-bond donors (Lipinski definition) is 1. The van der Waals surface area contributed by atoms with E-state index < -0.39 is 10.3 Å². The van der Waals surface area contributed by atoms with Gasteiger partial charge in [0, 0.05) is 17.8 Å². The highest BCUT2D eigenvalue weighted by Gasteiger charge is 2.43. The number of rotatable bonds is 6. The van der Waals surface area contributed by atoms with Crippen molar-refractivity contribution in [3.05, 3.63) is 63.2 Å². The molecule has 6 heteroatoms. The third-order valence-electron chi connectivity index (χ3n) is 5.59. The largest absolute Gasteiger partial charge is 0.490 e. The van der Waals surface area contributed by atoms with Crippen LogP contribution in [0.3, 0.4) is 0 Å². The number of aryl methyl sites for hydroxylation is 2. The van der Waals surface area contributed by atoms with Crippen molar-refractivity contribution in [3.63, 3.8) is 0 Å². The SMILES string of the molecule is Cc1cc(NC(=O)C2(c3ccc([N+](=O)[O-])cc3)CCCC2)cc(C)c1OC(C)C. The molecule has 1 aliphatic rings. The van der Waals surface area contributed by atoms with Gasteiger partial charge in [0.15, 0.2) is 0 Å². The molecule has 0 heterocycles. The summed E-state index contributed by atoms with van der Waals surface area (Å²) < 4.78 is 5.89. The summed E-state index contributed by atoms with van der Waals surface area (Å²) in [4.78, 5) is 23.9. The van der Waals surface area contributed by atoms with E-state index in [0.717, 1.165) is 53.8 Å². The lowest BCUT2D eigenvalue weighted by Gasteiger charge is -2.28. The Balaban J connectivity index is 1.88. The number of amides is 1. The van der Waals surface area contributed by atoms with Gasteiger partial charge in [0.05, 0.1) is 16.4 Å². The summed E-state index contributed by atoms with van der Waals surface area (Å²) in [6, 6.07) is 10.3. The molecule has 2 aromatic rings. The number of nitro groups is 1. The summed E-state index contributed by atoms with van der Waals surface area (Å²) in [5, 5.41) is 14.1. The molecule has 0 aromatic heterocycles. The van der Waals surface area contributed by atoms with Gasteiger partial charge in [-0.2, -0.15) is 0 Å². The molecule has 1 saturated carbocycles. The van der Waals surface area contributed by atoms with E-state index in [4.69, 9.17) is 4.74 Å². The van der Waals surface area contributed by atoms with E-state index in [2.05, 4.69) is 5.32 Å². The van der Waals surface area contributed by atoms with Crippen molar-refractivity contribution >= 4 is 17.3 Å². The average molecular weight is 396 g/mol. The maximum absolute atomic E-state index is 13.4. The van der Waals surface area contributed by atoms with E-state index in [0.29, 0.717) is 0 Å². The predicted octanol–water partition coefficient (Wildman–Crippen LogP) is 5.45. The van der Waals surface area contributed by atoms with Crippen molar-refractivity contribution in [2.45, 2.75) is 64.9 Å². The summed E-state index contributed by atoms with van der Waals surface area (Å²) in [6.45, 7) is 7.93. The molecule has 3 rings (SSSR count). The van der Waals surface area contributed by atoms with Crippen LogP contribution in [-0.2, 0) is 10.2 Å². The molecule has 1 N–H and O–H groups in total. The lowest BCUT2D eigenvalue weighted by molar-refractivity contribution is -0.384. The zero-order valence-electron chi connectivity index (χ0n) is 17.5. The first-order valence-corrected chi connectivity index (χ1v) is 10.1. The Labute approximate surface area is 171 Å². The van der Waals surface area contributed by atoms with Gasteiger partial charge in [-0.25, -0.2) is 0 Å². The molecular formula is C23H28N2O4. The van der Waals surface area contributed by atoms with E-state index in [1.807, 2.05) is 39.8 Å². The Morgan fingerprint density at radius 3 is 2.14 bits per heavy atom. The van der Waals surface area contributed by atoms with Gasteiger partial charge >= 0.3 is 0 Å². The van der Waals surface area contributed by atoms with Crippen molar-refractivity contribution < 1.29 is 14.5 Å². The van der Waals surface area contributed by atoms with Gasteiger partial charge in [-0.3, -0.25) is 14.9 Å². The minimum absolute atomic E-state index is 0.0364. The van der Waals surface area contributed by atoms with E-state index in [9.17, 15) is 14.9 Å². The zero-order valence-corrected chi connectivity index (χ0v) is 17.5. The third-order valence-corrected chi connectivity index (χ3v) is 5.59. The molecule has 6 nitrogen and oxygen atoms in total. The lowest BCUT2D eigenvalue weighted by atomic mass is 9.78. The first-order chi connectivity index (χ1) is 13.7. The van der Waals surface area contributed by atoms with Gasteiger partial charge in [-0.15, -0.1) is 0 Å². The fraction of sp³-hybridized carbons (Fsp3) is 0.435. The van der Waals surface area contributed by atoms with Crippen LogP contribution in [0.5, 0.6) is 5.75 Å². The molecule has 1 amide bonds. The second-order valence-electron chi connectivity index (χ2n) is 8.15. The van der Waals surface area contributed by atoms with Crippen molar-refractivity contribution in [2.75, 3.05) is 5.32 Å². The second-order valence-corrected chi connectivity index (χ2v) is 8.15. The summed E-state index contributed by atoms with van der Waals surface area (Å²) in [7, 11) is 0. The second kappa shape index (κ2) is 8.23. The van der Waals surface area contributed by atoms with E-state index in [1.54, 1.807) is 12.1 Å². The lowest BCUT2D eigenvalue weighted by Crippen LogP contribution is -2.38. The van der Waals surface area contributed by atoms with Gasteiger partial charge in [-0.1, -0.05) is 25.0 Å². The topological polar surface area (TPSA) is 81.5 Å². The summed E-state index contributed by atoms with van der Waals surface area (Å²) in [6.07, 6.45) is 3.48. The Morgan fingerprint density at radius 2 is 1.66 bits per heavy atom. The minimum atomic E-state index is -0.649. The monoisotopic (exact) mass is 396 g/mol. The van der Waals surface area contributed by atoms with Crippen LogP contribution in [0.25, 0.3) is 0 Å². The predicted molar refractivity (Wildman–Crippen MR) is 114 cm³/mol. The molecule has 2 aromatic carbocycles. The minimum Gasteiger partial charge on any atom is -0.490 e. The summed E-state index contributed by atoms with van der Waals surface area (Å²) in [5.41, 5.74) is 2.92. The van der Waals surface area contributed by atoms with Crippen molar-refractivity contribution in [1.82, 2.24) is 0 Å². The molecule has 0 bridgehead atoms. The van der Waals surface area contributed by atoms with Crippen LogP contribution in [0.4, 0.5) is 11.4 Å². The van der Waals surface area contributed by atoms with Crippen LogP contribution >= 0.6 is 0 Å². The number of nitrogens with zero attached hydrogens (tertiary/aromatic N) is 1. The molecule has 0 aliphatic heterocycles. The first-order valence-electron chi connectivity index (χ1n) is 10.1. The quantitative estimate of drug-likeness (QED) is 0.520. The van der Waals surface area contributed by atoms with Crippen molar-refractivity contribution in [2.24, 2.45) is 0 Å². The highest BCUT2D eigenvalue weighted by atomic mass is 16.6. The smallest absolute Gasteiger partial charge is 0.269 e. The number of carbonyl (C=O) groups excluding carboxylic acids is 1. The number of benzene rings is 2. The van der Waals surface area contributed by atoms with Crippen LogP contribution in [0.2, 0.25) is 0 Å². The first kappa shape index (κ1) is 20.8. The number of anilines is 1. The molecule has 1 aliphatic carbocycles. The maximum atomic E-state index is 13.4. The molecule has 1 fully saturated rings. The van der Waals surface area contributed by atoms with Crippen LogP contribution < -0.4 is 10.1 Å². The standard InChI is InChI=1S/C23H28N2O4/c1-15(2)29-21-16(3)13-19(14-17(21)4)24-22(26)23(11-5-6-12-23)18-7-9-20(10-8-18)25(27)28/h7-10,13-15H,5-6,11-12H2,1-4H3,(H,24,26). The molecule has 0 atom stereocenters. The van der Waals surface area contributed by atoms with E-state index in [1.165, 1.54) is 12.1 Å². The molecule has 0 unspecified atom stereocenters. The number of nitro benzene ring substituents is 1. The maximum Gasteiger partial charge on any atom is 0.269 e. The van der Waals surface area contributed by atoms with E-state index >= 15 is 0 Å². The molecular weight excluding hydrogens is 368 g/mol. The van der Waals surface area contributed by atoms with Gasteiger partial charge in [0.2, 0.25) is 5.91 Å². The molecule has 0 saturated heterocycles. The zero-order chi connectivity index (χ0) is 21.2. The number of nitrogens with one attached hydrogen (secondary N) is 1. The highest BCUT2D eigenvalue weighted by molar-refractivity contribution is 5.99. The molecule has 154 valence electrons. The Hall–Kier alpha value is -2.89. The van der Waals surface area contributed by atoms with Gasteiger partial charge in [-0.05, 0) is 69.4 Å². The Bertz CT molecular complexity index is 890. The van der Waals surface area contributed by atoms with E-state index in [-0.39, 0.29) is 17.7 Å². The summed E-state index contributed by atoms with van der Waals surface area (Å²) in [5.74, 6) is 0.795. The fourth-order valence-electron chi connectivity index (χ4n) is 4.22. The highest BCUT2D eigenvalue weighted by Crippen LogP contribution is 2.42. The van der Waals surface area contributed by atoms with Gasteiger partial charge in [0.1, 0.15) is 5.75 Å². The summed E-state index contributed by atoms with van der Waals surface area (Å²) >= 11 is 0. The van der Waals surface area contributed by atoms with Crippen LogP contribution in [-0.4, -0.2) is 16.9 Å². The Kier molecular flexibility index (Phi) is 5.91. The van der Waals surface area contributed by atoms with Gasteiger partial charge in [0.25, 0.3) is 5.69 Å². The number of ether oxygens (including phenoxy) is 1. The average Bonchev–Trinajstić information content (AvgIpc) is 3.16. The fourth-order valence-corrected chi connectivity index (χ4v) is 4.22. The van der Waals surface area contributed by atoms with Crippen molar-refractivity contribution in [3.8, 4) is 5.75 Å². The molecule has 0 radical (unpaired) electrons. The molecule has 0 spiro atoms. The third kappa shape index (κ3) is 4.26. The van der Waals surface area contributed by atoms with Gasteiger partial charge < -0.3 is 10.1 Å². The normalized spacial score (nSPS) is 15.3. The van der Waals surface area contributed by atoms with Crippen LogP contribution in [0, 0.1) is 24.0 Å². The van der Waals surface area contributed by atoms with Crippen LogP contribution in [0.15, 0.2) is 36.4 Å².